The number of hydrogen-bond acceptors (Lipinski definition) is 3. The Morgan fingerprint density at radius 3 is 2.05 bits per heavy atom. The minimum atomic E-state index is -3.97. The minimum absolute atomic E-state index is 0.00738. The Bertz CT molecular complexity index is 703. The maximum Gasteiger partial charge on any atom is 0.326 e. The number of carboxylic acids is 1. The van der Waals surface area contributed by atoms with Crippen molar-refractivity contribution in [3.63, 3.8) is 0 Å². The quantitative estimate of drug-likeness (QED) is 0.939. The first kappa shape index (κ1) is 14.3. The number of benzene rings is 2. The Morgan fingerprint density at radius 2 is 1.55 bits per heavy atom. The Morgan fingerprint density at radius 1 is 1.00 bits per heavy atom. The van der Waals surface area contributed by atoms with E-state index in [0.29, 0.717) is 0 Å². The fourth-order valence-corrected chi connectivity index (χ4v) is 3.53. The second-order valence-electron chi connectivity index (χ2n) is 4.49. The van der Waals surface area contributed by atoms with E-state index in [1.54, 1.807) is 30.3 Å². The molecule has 0 radical (unpaired) electrons. The van der Waals surface area contributed by atoms with E-state index >= 15 is 0 Å². The molecule has 2 aromatic rings. The summed E-state index contributed by atoms with van der Waals surface area (Å²) in [5.74, 6) is -1.38. The first-order valence-corrected chi connectivity index (χ1v) is 7.56. The Labute approximate surface area is 117 Å². The zero-order valence-corrected chi connectivity index (χ0v) is 11.7. The Kier molecular flexibility index (Phi) is 3.90. The predicted octanol–water partition coefficient (Wildman–Crippen LogP) is 2.59. The van der Waals surface area contributed by atoms with E-state index in [4.69, 9.17) is 0 Å². The average Bonchev–Trinajstić information content (AvgIpc) is 2.41. The van der Waals surface area contributed by atoms with Crippen molar-refractivity contribution >= 4 is 15.8 Å². The number of rotatable bonds is 4. The second kappa shape index (κ2) is 5.46. The summed E-state index contributed by atoms with van der Waals surface area (Å²) >= 11 is 0. The summed E-state index contributed by atoms with van der Waals surface area (Å²) in [5.41, 5.74) is 1.20. The van der Waals surface area contributed by atoms with Gasteiger partial charge in [0.05, 0.1) is 4.90 Å². The molecule has 104 valence electrons. The van der Waals surface area contributed by atoms with E-state index in [9.17, 15) is 18.3 Å². The molecule has 0 aliphatic heterocycles. The van der Waals surface area contributed by atoms with Gasteiger partial charge >= 0.3 is 5.97 Å². The molecule has 0 aliphatic rings. The molecule has 0 bridgehead atoms. The molecule has 0 saturated carbocycles. The molecular formula is C15H14O4S. The summed E-state index contributed by atoms with van der Waals surface area (Å²) in [6.45, 7) is 1.85. The van der Waals surface area contributed by atoms with Crippen LogP contribution in [-0.4, -0.2) is 19.5 Å². The number of carboxylic acid groups (broad SMARTS) is 1. The first-order chi connectivity index (χ1) is 9.43. The summed E-state index contributed by atoms with van der Waals surface area (Å²) in [4.78, 5) is 11.4. The van der Waals surface area contributed by atoms with E-state index in [1.807, 2.05) is 6.92 Å². The van der Waals surface area contributed by atoms with Crippen LogP contribution >= 0.6 is 0 Å². The number of carbonyl (C=O) groups is 1. The highest BCUT2D eigenvalue weighted by Gasteiger charge is 2.35. The predicted molar refractivity (Wildman–Crippen MR) is 75.2 cm³/mol. The molecule has 0 saturated heterocycles. The monoisotopic (exact) mass is 290 g/mol. The highest BCUT2D eigenvalue weighted by Crippen LogP contribution is 2.29. The minimum Gasteiger partial charge on any atom is -0.480 e. The molecule has 1 unspecified atom stereocenters. The highest BCUT2D eigenvalue weighted by atomic mass is 32.2. The lowest BCUT2D eigenvalue weighted by atomic mass is 10.1. The van der Waals surface area contributed by atoms with Gasteiger partial charge in [0.1, 0.15) is 0 Å². The molecule has 4 nitrogen and oxygen atoms in total. The number of hydrogen-bond donors (Lipinski definition) is 1. The lowest BCUT2D eigenvalue weighted by Crippen LogP contribution is -2.22. The zero-order chi connectivity index (χ0) is 14.8. The molecule has 0 heterocycles. The molecule has 1 atom stereocenters. The van der Waals surface area contributed by atoms with Crippen LogP contribution in [0.4, 0.5) is 0 Å². The molecular weight excluding hydrogens is 276 g/mol. The summed E-state index contributed by atoms with van der Waals surface area (Å²) in [5, 5.41) is 7.72. The van der Waals surface area contributed by atoms with Gasteiger partial charge in [0, 0.05) is 0 Å². The van der Waals surface area contributed by atoms with E-state index < -0.39 is 21.1 Å². The van der Waals surface area contributed by atoms with Gasteiger partial charge in [-0.1, -0.05) is 48.0 Å². The second-order valence-corrected chi connectivity index (χ2v) is 6.52. The Balaban J connectivity index is 2.54. The topological polar surface area (TPSA) is 71.4 Å². The van der Waals surface area contributed by atoms with Crippen molar-refractivity contribution in [2.75, 3.05) is 0 Å². The van der Waals surface area contributed by atoms with Crippen LogP contribution in [0.1, 0.15) is 16.4 Å². The van der Waals surface area contributed by atoms with Crippen LogP contribution in [-0.2, 0) is 14.6 Å². The van der Waals surface area contributed by atoms with E-state index in [-0.39, 0.29) is 10.5 Å². The summed E-state index contributed by atoms with van der Waals surface area (Å²) < 4.78 is 25.0. The molecule has 2 rings (SSSR count). The third-order valence-corrected chi connectivity index (χ3v) is 5.01. The van der Waals surface area contributed by atoms with Crippen LogP contribution in [0.5, 0.6) is 0 Å². The van der Waals surface area contributed by atoms with Crippen LogP contribution in [0.2, 0.25) is 0 Å². The maximum absolute atomic E-state index is 12.5. The SMILES string of the molecule is Cc1ccc(C(C(=O)O)S(=O)(=O)c2ccccc2)cc1. The molecule has 5 heteroatoms. The number of aryl methyl sites for hydroxylation is 1. The summed E-state index contributed by atoms with van der Waals surface area (Å²) in [7, 11) is -3.97. The third kappa shape index (κ3) is 2.72. The molecule has 1 N–H and O–H groups in total. The first-order valence-electron chi connectivity index (χ1n) is 6.01. The van der Waals surface area contributed by atoms with Gasteiger partial charge in [-0.2, -0.15) is 0 Å². The van der Waals surface area contributed by atoms with Crippen LogP contribution in [0.15, 0.2) is 59.5 Å². The standard InChI is InChI=1S/C15H14O4S/c1-11-7-9-12(10-8-11)14(15(16)17)20(18,19)13-5-3-2-4-6-13/h2-10,14H,1H3,(H,16,17). The van der Waals surface area contributed by atoms with E-state index in [1.165, 1.54) is 24.3 Å². The fourth-order valence-electron chi connectivity index (χ4n) is 1.94. The average molecular weight is 290 g/mol. The molecule has 0 aromatic heterocycles. The Hall–Kier alpha value is -2.14. The van der Waals surface area contributed by atoms with E-state index in [0.717, 1.165) is 5.56 Å². The number of sulfone groups is 1. The molecule has 0 spiro atoms. The molecule has 0 fully saturated rings. The lowest BCUT2D eigenvalue weighted by Gasteiger charge is -2.14. The number of aliphatic carboxylic acids is 1. The van der Waals surface area contributed by atoms with Crippen molar-refractivity contribution in [3.8, 4) is 0 Å². The van der Waals surface area contributed by atoms with Crippen molar-refractivity contribution in [3.05, 3.63) is 65.7 Å². The highest BCUT2D eigenvalue weighted by molar-refractivity contribution is 7.92. The summed E-state index contributed by atoms with van der Waals surface area (Å²) in [6, 6.07) is 14.1. The van der Waals surface area contributed by atoms with Crippen molar-refractivity contribution in [2.24, 2.45) is 0 Å². The zero-order valence-electron chi connectivity index (χ0n) is 10.9. The normalized spacial score (nSPS) is 12.8. The van der Waals surface area contributed by atoms with E-state index in [2.05, 4.69) is 0 Å². The maximum atomic E-state index is 12.5. The van der Waals surface area contributed by atoms with Gasteiger partial charge in [-0.05, 0) is 24.6 Å². The van der Waals surface area contributed by atoms with Gasteiger partial charge in [0.2, 0.25) is 0 Å². The van der Waals surface area contributed by atoms with Gasteiger partial charge in [-0.15, -0.1) is 0 Å². The van der Waals surface area contributed by atoms with Gasteiger partial charge < -0.3 is 5.11 Å². The van der Waals surface area contributed by atoms with Crippen LogP contribution in [0.25, 0.3) is 0 Å². The van der Waals surface area contributed by atoms with Crippen LogP contribution < -0.4 is 0 Å². The van der Waals surface area contributed by atoms with Gasteiger partial charge in [0.25, 0.3) is 0 Å². The van der Waals surface area contributed by atoms with Crippen LogP contribution in [0, 0.1) is 6.92 Å². The van der Waals surface area contributed by atoms with Crippen molar-refractivity contribution < 1.29 is 18.3 Å². The van der Waals surface area contributed by atoms with Crippen molar-refractivity contribution in [1.82, 2.24) is 0 Å². The summed E-state index contributed by atoms with van der Waals surface area (Å²) in [6.07, 6.45) is 0. The van der Waals surface area contributed by atoms with Gasteiger partial charge in [0.15, 0.2) is 15.1 Å². The van der Waals surface area contributed by atoms with Gasteiger partial charge in [-0.3, -0.25) is 4.79 Å². The molecule has 0 aliphatic carbocycles. The molecule has 0 amide bonds. The lowest BCUT2D eigenvalue weighted by molar-refractivity contribution is -0.136. The van der Waals surface area contributed by atoms with Crippen molar-refractivity contribution in [1.29, 1.82) is 0 Å². The smallest absolute Gasteiger partial charge is 0.326 e. The van der Waals surface area contributed by atoms with Gasteiger partial charge in [-0.25, -0.2) is 8.42 Å². The largest absolute Gasteiger partial charge is 0.480 e. The molecule has 20 heavy (non-hydrogen) atoms. The van der Waals surface area contributed by atoms with Crippen LogP contribution in [0.3, 0.4) is 0 Å². The fraction of sp³-hybridized carbons (Fsp3) is 0.133. The van der Waals surface area contributed by atoms with Crippen molar-refractivity contribution in [2.45, 2.75) is 17.1 Å². The molecule has 2 aromatic carbocycles. The third-order valence-electron chi connectivity index (χ3n) is 2.99.